The molecule has 0 radical (unpaired) electrons. The largest absolute Gasteiger partial charge is 0.398 e. The van der Waals surface area contributed by atoms with Gasteiger partial charge in [-0.05, 0) is 44.2 Å². The average molecular weight is 287 g/mol. The van der Waals surface area contributed by atoms with Gasteiger partial charge in [-0.25, -0.2) is 0 Å². The number of pyridine rings is 1. The van der Waals surface area contributed by atoms with Crippen LogP contribution < -0.4 is 11.1 Å². The van der Waals surface area contributed by atoms with Crippen molar-refractivity contribution in [2.75, 3.05) is 17.3 Å². The summed E-state index contributed by atoms with van der Waals surface area (Å²) in [5.41, 5.74) is 9.07. The first-order valence-corrected chi connectivity index (χ1v) is 8.42. The van der Waals surface area contributed by atoms with E-state index in [9.17, 15) is 0 Å². The molecule has 2 aromatic rings. The van der Waals surface area contributed by atoms with Gasteiger partial charge in [-0.3, -0.25) is 4.98 Å². The molecule has 0 amide bonds. The van der Waals surface area contributed by atoms with Crippen LogP contribution in [0.4, 0.5) is 11.4 Å². The molecule has 3 N–H and O–H groups in total. The molecule has 2 atom stereocenters. The van der Waals surface area contributed by atoms with Crippen molar-refractivity contribution in [2.45, 2.75) is 37.5 Å². The van der Waals surface area contributed by atoms with Gasteiger partial charge in [0.1, 0.15) is 0 Å². The first kappa shape index (κ1) is 13.6. The number of nitrogens with zero attached hydrogens (tertiary/aromatic N) is 1. The maximum Gasteiger partial charge on any atom is 0.0425 e. The summed E-state index contributed by atoms with van der Waals surface area (Å²) in [5.74, 6) is 0. The molecule has 1 aliphatic carbocycles. The third kappa shape index (κ3) is 2.44. The lowest BCUT2D eigenvalue weighted by Crippen LogP contribution is -2.25. The Labute approximate surface area is 124 Å². The Morgan fingerprint density at radius 3 is 2.95 bits per heavy atom. The van der Waals surface area contributed by atoms with Crippen LogP contribution in [0.2, 0.25) is 0 Å². The van der Waals surface area contributed by atoms with Crippen molar-refractivity contribution in [1.82, 2.24) is 4.98 Å². The first-order chi connectivity index (χ1) is 9.69. The first-order valence-electron chi connectivity index (χ1n) is 7.13. The van der Waals surface area contributed by atoms with Crippen LogP contribution in [0.15, 0.2) is 24.4 Å². The van der Waals surface area contributed by atoms with Gasteiger partial charge in [-0.2, -0.15) is 11.8 Å². The number of nitrogens with one attached hydrogen (secondary N) is 1. The van der Waals surface area contributed by atoms with Crippen molar-refractivity contribution >= 4 is 33.9 Å². The lowest BCUT2D eigenvalue weighted by Gasteiger charge is -2.22. The molecular weight excluding hydrogens is 266 g/mol. The van der Waals surface area contributed by atoms with E-state index in [-0.39, 0.29) is 0 Å². The summed E-state index contributed by atoms with van der Waals surface area (Å²) in [6, 6.07) is 6.76. The molecule has 0 aliphatic heterocycles. The number of nitrogen functional groups attached to an aromatic ring is 1. The zero-order valence-corrected chi connectivity index (χ0v) is 12.8. The Bertz CT molecular complexity index is 626. The van der Waals surface area contributed by atoms with Crippen LogP contribution in [-0.2, 0) is 0 Å². The van der Waals surface area contributed by atoms with Gasteiger partial charge in [-0.15, -0.1) is 0 Å². The number of aromatic nitrogens is 1. The van der Waals surface area contributed by atoms with Gasteiger partial charge in [0.2, 0.25) is 0 Å². The number of anilines is 2. The Hall–Kier alpha value is -1.42. The second-order valence-corrected chi connectivity index (χ2v) is 6.61. The van der Waals surface area contributed by atoms with Crippen LogP contribution >= 0.6 is 11.8 Å². The fourth-order valence-electron chi connectivity index (χ4n) is 3.06. The summed E-state index contributed by atoms with van der Waals surface area (Å²) >= 11 is 1.97. The number of rotatable bonds is 3. The lowest BCUT2D eigenvalue weighted by molar-refractivity contribution is 0.770. The molecule has 1 saturated carbocycles. The molecule has 4 heteroatoms. The zero-order valence-electron chi connectivity index (χ0n) is 12.0. The van der Waals surface area contributed by atoms with Gasteiger partial charge in [0.05, 0.1) is 0 Å². The Morgan fingerprint density at radius 2 is 2.15 bits per heavy atom. The van der Waals surface area contributed by atoms with Crippen LogP contribution in [0.1, 0.15) is 25.0 Å². The highest BCUT2D eigenvalue weighted by atomic mass is 32.2. The zero-order chi connectivity index (χ0) is 14.1. The average Bonchev–Trinajstić information content (AvgIpc) is 2.89. The molecule has 0 saturated heterocycles. The van der Waals surface area contributed by atoms with E-state index in [2.05, 4.69) is 28.7 Å². The molecule has 20 heavy (non-hydrogen) atoms. The highest BCUT2D eigenvalue weighted by Crippen LogP contribution is 2.34. The van der Waals surface area contributed by atoms with Crippen molar-refractivity contribution in [1.29, 1.82) is 0 Å². The van der Waals surface area contributed by atoms with Crippen molar-refractivity contribution in [3.05, 3.63) is 30.1 Å². The van der Waals surface area contributed by atoms with Crippen LogP contribution in [0.3, 0.4) is 0 Å². The van der Waals surface area contributed by atoms with Gasteiger partial charge in [0.25, 0.3) is 0 Å². The molecule has 1 heterocycles. The summed E-state index contributed by atoms with van der Waals surface area (Å²) in [6.45, 7) is 2.02. The summed E-state index contributed by atoms with van der Waals surface area (Å²) in [4.78, 5) is 4.36. The minimum atomic E-state index is 0.560. The number of benzene rings is 1. The number of fused-ring (bicyclic) bond motifs is 1. The normalized spacial score (nSPS) is 22.3. The van der Waals surface area contributed by atoms with Crippen LogP contribution in [0, 0.1) is 6.92 Å². The van der Waals surface area contributed by atoms with Gasteiger partial charge < -0.3 is 11.1 Å². The fourth-order valence-corrected chi connectivity index (χ4v) is 4.00. The molecule has 0 spiro atoms. The molecule has 1 aliphatic rings. The standard InChI is InChI=1S/C16H21N3S/c1-10-8-11-12(9-18-10)13(17)6-7-14(11)19-15-4-3-5-16(15)20-2/h6-9,15-16,19H,3-5,17H2,1-2H3. The highest BCUT2D eigenvalue weighted by Gasteiger charge is 2.26. The van der Waals surface area contributed by atoms with Crippen molar-refractivity contribution < 1.29 is 0 Å². The predicted octanol–water partition coefficient (Wildman–Crippen LogP) is 3.82. The van der Waals surface area contributed by atoms with Crippen LogP contribution in [0.5, 0.6) is 0 Å². The molecule has 1 aromatic heterocycles. The fraction of sp³-hybridized carbons (Fsp3) is 0.438. The maximum atomic E-state index is 6.06. The third-order valence-electron chi connectivity index (χ3n) is 4.17. The Morgan fingerprint density at radius 1 is 1.30 bits per heavy atom. The van der Waals surface area contributed by atoms with E-state index in [1.165, 1.54) is 30.3 Å². The molecule has 2 unspecified atom stereocenters. The predicted molar refractivity (Wildman–Crippen MR) is 89.5 cm³/mol. The number of nitrogens with two attached hydrogens (primary N) is 1. The number of hydrogen-bond donors (Lipinski definition) is 2. The topological polar surface area (TPSA) is 50.9 Å². The number of hydrogen-bond acceptors (Lipinski definition) is 4. The molecule has 1 aromatic carbocycles. The lowest BCUT2D eigenvalue weighted by atomic mass is 10.1. The SMILES string of the molecule is CSC1CCCC1Nc1ccc(N)c2cnc(C)cc12. The van der Waals surface area contributed by atoms with Gasteiger partial charge in [-0.1, -0.05) is 6.42 Å². The number of aryl methyl sites for hydroxylation is 1. The second kappa shape index (κ2) is 5.52. The van der Waals surface area contributed by atoms with E-state index in [1.807, 2.05) is 30.9 Å². The van der Waals surface area contributed by atoms with E-state index in [0.29, 0.717) is 11.3 Å². The molecular formula is C16H21N3S. The van der Waals surface area contributed by atoms with E-state index in [1.54, 1.807) is 0 Å². The maximum absolute atomic E-state index is 6.06. The van der Waals surface area contributed by atoms with Crippen molar-refractivity contribution in [2.24, 2.45) is 0 Å². The third-order valence-corrected chi connectivity index (χ3v) is 5.34. The van der Waals surface area contributed by atoms with Crippen molar-refractivity contribution in [3.8, 4) is 0 Å². The molecule has 106 valence electrons. The number of thioether (sulfide) groups is 1. The van der Waals surface area contributed by atoms with Crippen LogP contribution in [0.25, 0.3) is 10.8 Å². The smallest absolute Gasteiger partial charge is 0.0425 e. The van der Waals surface area contributed by atoms with Gasteiger partial charge >= 0.3 is 0 Å². The van der Waals surface area contributed by atoms with E-state index < -0.39 is 0 Å². The monoisotopic (exact) mass is 287 g/mol. The summed E-state index contributed by atoms with van der Waals surface area (Å²) in [7, 11) is 0. The summed E-state index contributed by atoms with van der Waals surface area (Å²) in [6.07, 6.45) is 7.97. The molecule has 3 rings (SSSR count). The minimum absolute atomic E-state index is 0.560. The van der Waals surface area contributed by atoms with Crippen LogP contribution in [-0.4, -0.2) is 22.5 Å². The molecule has 1 fully saturated rings. The molecule has 0 bridgehead atoms. The van der Waals surface area contributed by atoms with Crippen molar-refractivity contribution in [3.63, 3.8) is 0 Å². The quantitative estimate of drug-likeness (QED) is 0.843. The van der Waals surface area contributed by atoms with E-state index in [0.717, 1.165) is 16.8 Å². The molecule has 3 nitrogen and oxygen atoms in total. The van der Waals surface area contributed by atoms with E-state index in [4.69, 9.17) is 5.73 Å². The summed E-state index contributed by atoms with van der Waals surface area (Å²) in [5, 5.41) is 6.67. The van der Waals surface area contributed by atoms with Gasteiger partial charge in [0.15, 0.2) is 0 Å². The Kier molecular flexibility index (Phi) is 3.74. The minimum Gasteiger partial charge on any atom is -0.398 e. The Balaban J connectivity index is 1.99. The highest BCUT2D eigenvalue weighted by molar-refractivity contribution is 7.99. The van der Waals surface area contributed by atoms with E-state index >= 15 is 0 Å². The summed E-state index contributed by atoms with van der Waals surface area (Å²) < 4.78 is 0. The second-order valence-electron chi connectivity index (χ2n) is 5.53. The van der Waals surface area contributed by atoms with Gasteiger partial charge in [0, 0.05) is 45.3 Å².